The molecular weight excluding hydrogens is 444 g/mol. The van der Waals surface area contributed by atoms with E-state index in [1.165, 1.54) is 22.5 Å². The summed E-state index contributed by atoms with van der Waals surface area (Å²) in [6.07, 6.45) is 0. The average Bonchev–Trinajstić information content (AvgIpc) is 2.74. The highest BCUT2D eigenvalue weighted by Crippen LogP contribution is 2.21. The first-order valence-corrected chi connectivity index (χ1v) is 11.7. The molecule has 0 spiro atoms. The van der Waals surface area contributed by atoms with E-state index in [9.17, 15) is 23.3 Å². The summed E-state index contributed by atoms with van der Waals surface area (Å²) in [5.41, 5.74) is 1.40. The zero-order chi connectivity index (χ0) is 22.6. The Morgan fingerprint density at radius 1 is 1.13 bits per heavy atom. The van der Waals surface area contributed by atoms with Crippen molar-refractivity contribution in [2.24, 2.45) is 0 Å². The van der Waals surface area contributed by atoms with Gasteiger partial charge in [-0.1, -0.05) is 17.7 Å². The van der Waals surface area contributed by atoms with E-state index in [1.54, 1.807) is 19.1 Å². The Morgan fingerprint density at radius 3 is 2.39 bits per heavy atom. The number of nitro benzene ring substituents is 1. The molecular formula is C20H23ClN4O5S. The van der Waals surface area contributed by atoms with Gasteiger partial charge in [-0.2, -0.15) is 4.31 Å². The minimum absolute atomic E-state index is 0.0831. The topological polar surface area (TPSA) is 113 Å². The van der Waals surface area contributed by atoms with Gasteiger partial charge in [0.25, 0.3) is 11.6 Å². The van der Waals surface area contributed by atoms with E-state index in [0.29, 0.717) is 36.8 Å². The Labute approximate surface area is 185 Å². The van der Waals surface area contributed by atoms with E-state index in [0.717, 1.165) is 5.69 Å². The molecule has 0 bridgehead atoms. The number of carbonyl (C=O) groups is 1. The first-order chi connectivity index (χ1) is 14.7. The summed E-state index contributed by atoms with van der Waals surface area (Å²) in [4.78, 5) is 24.8. The third kappa shape index (κ3) is 5.72. The van der Waals surface area contributed by atoms with Gasteiger partial charge in [-0.25, -0.2) is 8.42 Å². The van der Waals surface area contributed by atoms with Crippen molar-refractivity contribution >= 4 is 38.9 Å². The molecule has 1 heterocycles. The second kappa shape index (κ2) is 9.63. The number of nitrogens with zero attached hydrogens (tertiary/aromatic N) is 3. The van der Waals surface area contributed by atoms with Crippen molar-refractivity contribution < 1.29 is 18.1 Å². The number of benzene rings is 2. The third-order valence-corrected chi connectivity index (χ3v) is 7.26. The molecule has 0 aromatic heterocycles. The Kier molecular flexibility index (Phi) is 7.14. The number of halogens is 1. The van der Waals surface area contributed by atoms with Gasteiger partial charge in [-0.3, -0.25) is 14.9 Å². The minimum Gasteiger partial charge on any atom is -0.369 e. The van der Waals surface area contributed by atoms with Gasteiger partial charge in [0, 0.05) is 60.6 Å². The van der Waals surface area contributed by atoms with E-state index >= 15 is 0 Å². The Morgan fingerprint density at radius 2 is 1.77 bits per heavy atom. The van der Waals surface area contributed by atoms with E-state index in [1.807, 2.05) is 12.1 Å². The zero-order valence-corrected chi connectivity index (χ0v) is 18.5. The normalized spacial score (nSPS) is 15.0. The molecule has 0 saturated carbocycles. The van der Waals surface area contributed by atoms with Crippen LogP contribution in [0.2, 0.25) is 5.02 Å². The number of rotatable bonds is 7. The van der Waals surface area contributed by atoms with Crippen LogP contribution in [0.15, 0.2) is 42.5 Å². The van der Waals surface area contributed by atoms with Gasteiger partial charge >= 0.3 is 0 Å². The van der Waals surface area contributed by atoms with Crippen LogP contribution in [-0.2, 0) is 10.0 Å². The molecule has 9 nitrogen and oxygen atoms in total. The lowest BCUT2D eigenvalue weighted by Gasteiger charge is -2.35. The molecule has 1 aliphatic heterocycles. The van der Waals surface area contributed by atoms with Crippen molar-refractivity contribution in [3.05, 3.63) is 68.7 Å². The standard InChI is InChI=1S/C20H23ClN4O5S/c1-15-2-3-16(14-19(15)25(27)28)20(26)22-8-13-31(29,30)24-11-9-23(10-12-24)18-6-4-17(21)5-7-18/h2-7,14H,8-13H2,1H3,(H,22,26). The lowest BCUT2D eigenvalue weighted by atomic mass is 10.1. The molecule has 0 radical (unpaired) electrons. The van der Waals surface area contributed by atoms with Crippen molar-refractivity contribution in [1.29, 1.82) is 0 Å². The first kappa shape index (κ1) is 23.0. The predicted molar refractivity (Wildman–Crippen MR) is 119 cm³/mol. The Balaban J connectivity index is 1.51. The highest BCUT2D eigenvalue weighted by atomic mass is 35.5. The predicted octanol–water partition coefficient (Wildman–Crippen LogP) is 2.44. The van der Waals surface area contributed by atoms with E-state index in [2.05, 4.69) is 10.2 Å². The maximum Gasteiger partial charge on any atom is 0.273 e. The van der Waals surface area contributed by atoms with Crippen LogP contribution in [0.1, 0.15) is 15.9 Å². The lowest BCUT2D eigenvalue weighted by molar-refractivity contribution is -0.385. The molecule has 2 aromatic rings. The second-order valence-corrected chi connectivity index (χ2v) is 9.72. The van der Waals surface area contributed by atoms with Gasteiger partial charge in [0.2, 0.25) is 10.0 Å². The summed E-state index contributed by atoms with van der Waals surface area (Å²) in [5.74, 6) is -0.793. The maximum atomic E-state index is 12.6. The number of anilines is 1. The summed E-state index contributed by atoms with van der Waals surface area (Å²) in [6, 6.07) is 11.5. The van der Waals surface area contributed by atoms with Gasteiger partial charge in [-0.05, 0) is 37.3 Å². The molecule has 2 aromatic carbocycles. The largest absolute Gasteiger partial charge is 0.369 e. The van der Waals surface area contributed by atoms with Crippen LogP contribution in [0.5, 0.6) is 0 Å². The maximum absolute atomic E-state index is 12.6. The second-order valence-electron chi connectivity index (χ2n) is 7.19. The lowest BCUT2D eigenvalue weighted by Crippen LogP contribution is -2.50. The van der Waals surface area contributed by atoms with Gasteiger partial charge in [0.15, 0.2) is 0 Å². The number of hydrogen-bond acceptors (Lipinski definition) is 6. The number of piperazine rings is 1. The van der Waals surface area contributed by atoms with Crippen molar-refractivity contribution in [2.45, 2.75) is 6.92 Å². The quantitative estimate of drug-likeness (QED) is 0.495. The van der Waals surface area contributed by atoms with Crippen molar-refractivity contribution in [3.63, 3.8) is 0 Å². The van der Waals surface area contributed by atoms with E-state index in [4.69, 9.17) is 11.6 Å². The van der Waals surface area contributed by atoms with Gasteiger partial charge in [0.1, 0.15) is 0 Å². The molecule has 31 heavy (non-hydrogen) atoms. The first-order valence-electron chi connectivity index (χ1n) is 9.69. The SMILES string of the molecule is Cc1ccc(C(=O)NCCS(=O)(=O)N2CCN(c3ccc(Cl)cc3)CC2)cc1[N+](=O)[O-]. The van der Waals surface area contributed by atoms with Gasteiger partial charge < -0.3 is 10.2 Å². The molecule has 1 fully saturated rings. The Hall–Kier alpha value is -2.69. The molecule has 3 rings (SSSR count). The average molecular weight is 467 g/mol. The van der Waals surface area contributed by atoms with Crippen LogP contribution < -0.4 is 10.2 Å². The van der Waals surface area contributed by atoms with Gasteiger partial charge in [-0.15, -0.1) is 0 Å². The monoisotopic (exact) mass is 466 g/mol. The highest BCUT2D eigenvalue weighted by molar-refractivity contribution is 7.89. The number of nitrogens with one attached hydrogen (secondary N) is 1. The number of sulfonamides is 1. The summed E-state index contributed by atoms with van der Waals surface area (Å²) in [6.45, 7) is 3.31. The smallest absolute Gasteiger partial charge is 0.273 e. The Bertz CT molecular complexity index is 1070. The number of aryl methyl sites for hydroxylation is 1. The van der Waals surface area contributed by atoms with E-state index < -0.39 is 20.9 Å². The molecule has 0 aliphatic carbocycles. The zero-order valence-electron chi connectivity index (χ0n) is 17.0. The number of amides is 1. The molecule has 0 atom stereocenters. The summed E-state index contributed by atoms with van der Waals surface area (Å²) >= 11 is 5.91. The summed E-state index contributed by atoms with van der Waals surface area (Å²) in [5, 5.41) is 14.2. The highest BCUT2D eigenvalue weighted by Gasteiger charge is 2.27. The van der Waals surface area contributed by atoms with Crippen LogP contribution in [0.25, 0.3) is 0 Å². The number of carbonyl (C=O) groups excluding carboxylic acids is 1. The molecule has 11 heteroatoms. The van der Waals surface area contributed by atoms with Crippen LogP contribution in [0.3, 0.4) is 0 Å². The number of nitro groups is 1. The van der Waals surface area contributed by atoms with Crippen molar-refractivity contribution in [3.8, 4) is 0 Å². The fraction of sp³-hybridized carbons (Fsp3) is 0.350. The fourth-order valence-electron chi connectivity index (χ4n) is 3.35. The van der Waals surface area contributed by atoms with E-state index in [-0.39, 0.29) is 23.5 Å². The minimum atomic E-state index is -3.54. The molecule has 0 unspecified atom stereocenters. The van der Waals surface area contributed by atoms with Crippen molar-refractivity contribution in [1.82, 2.24) is 9.62 Å². The molecule has 1 N–H and O–H groups in total. The van der Waals surface area contributed by atoms with Crippen LogP contribution in [0.4, 0.5) is 11.4 Å². The summed E-state index contributed by atoms with van der Waals surface area (Å²) < 4.78 is 26.7. The number of hydrogen-bond donors (Lipinski definition) is 1. The van der Waals surface area contributed by atoms with Gasteiger partial charge in [0.05, 0.1) is 10.7 Å². The van der Waals surface area contributed by atoms with Crippen LogP contribution in [0, 0.1) is 17.0 Å². The fourth-order valence-corrected chi connectivity index (χ4v) is 4.81. The van der Waals surface area contributed by atoms with Crippen molar-refractivity contribution in [2.75, 3.05) is 43.4 Å². The third-order valence-electron chi connectivity index (χ3n) is 5.14. The molecule has 166 valence electrons. The van der Waals surface area contributed by atoms with Crippen LogP contribution >= 0.6 is 11.6 Å². The molecule has 1 saturated heterocycles. The van der Waals surface area contributed by atoms with Crippen LogP contribution in [-0.4, -0.2) is 62.0 Å². The molecule has 1 amide bonds. The summed E-state index contributed by atoms with van der Waals surface area (Å²) in [7, 11) is -3.54. The molecule has 1 aliphatic rings.